The van der Waals surface area contributed by atoms with E-state index in [1.54, 1.807) is 30.0 Å². The van der Waals surface area contributed by atoms with Gasteiger partial charge in [0, 0.05) is 21.9 Å². The van der Waals surface area contributed by atoms with Crippen molar-refractivity contribution in [2.24, 2.45) is 0 Å². The van der Waals surface area contributed by atoms with Crippen LogP contribution in [0.3, 0.4) is 0 Å². The first-order chi connectivity index (χ1) is 15.0. The van der Waals surface area contributed by atoms with E-state index in [0.717, 1.165) is 20.8 Å². The number of nitrogens with zero attached hydrogens (tertiary/aromatic N) is 3. The van der Waals surface area contributed by atoms with Crippen LogP contribution in [-0.4, -0.2) is 28.2 Å². The van der Waals surface area contributed by atoms with Crippen molar-refractivity contribution in [2.45, 2.75) is 30.5 Å². The zero-order valence-electron chi connectivity index (χ0n) is 17.6. The van der Waals surface area contributed by atoms with E-state index >= 15 is 0 Å². The van der Waals surface area contributed by atoms with Crippen molar-refractivity contribution >= 4 is 44.4 Å². The molecule has 0 unspecified atom stereocenters. The molecule has 0 bridgehead atoms. The van der Waals surface area contributed by atoms with Crippen LogP contribution in [0.2, 0.25) is 0 Å². The lowest BCUT2D eigenvalue weighted by atomic mass is 10.2. The van der Waals surface area contributed by atoms with Crippen LogP contribution in [0.1, 0.15) is 29.9 Å². The fourth-order valence-corrected chi connectivity index (χ4v) is 4.99. The number of thiazole rings is 1. The number of aromatic nitrogens is 2. The van der Waals surface area contributed by atoms with E-state index in [2.05, 4.69) is 18.8 Å². The van der Waals surface area contributed by atoms with Gasteiger partial charge in [0.15, 0.2) is 5.13 Å². The number of carbonyl (C=O) groups excluding carboxylic acids is 1. The van der Waals surface area contributed by atoms with Crippen molar-refractivity contribution < 1.29 is 9.53 Å². The Hall–Kier alpha value is -2.90. The zero-order valence-corrected chi connectivity index (χ0v) is 19.2. The van der Waals surface area contributed by atoms with Gasteiger partial charge in [-0.2, -0.15) is 0 Å². The molecule has 4 aromatic rings. The molecule has 5 nitrogen and oxygen atoms in total. The summed E-state index contributed by atoms with van der Waals surface area (Å²) in [5.41, 5.74) is 2.18. The van der Waals surface area contributed by atoms with Crippen LogP contribution in [0, 0.1) is 0 Å². The fourth-order valence-electron chi connectivity index (χ4n) is 3.18. The summed E-state index contributed by atoms with van der Waals surface area (Å²) in [7, 11) is 1.63. The van der Waals surface area contributed by atoms with Crippen molar-refractivity contribution in [1.82, 2.24) is 9.97 Å². The van der Waals surface area contributed by atoms with E-state index < -0.39 is 0 Å². The molecule has 0 aliphatic carbocycles. The number of benzene rings is 2. The molecule has 0 aliphatic rings. The molecule has 2 aromatic carbocycles. The molecule has 0 N–H and O–H groups in total. The molecule has 0 saturated heterocycles. The maximum Gasteiger partial charge on any atom is 0.260 e. The Balaban J connectivity index is 1.71. The van der Waals surface area contributed by atoms with Crippen LogP contribution in [-0.2, 0) is 6.54 Å². The number of anilines is 1. The van der Waals surface area contributed by atoms with E-state index in [1.807, 2.05) is 60.7 Å². The van der Waals surface area contributed by atoms with Crippen molar-refractivity contribution in [1.29, 1.82) is 0 Å². The Labute approximate surface area is 190 Å². The molecule has 31 heavy (non-hydrogen) atoms. The van der Waals surface area contributed by atoms with Gasteiger partial charge >= 0.3 is 0 Å². The van der Waals surface area contributed by atoms with Gasteiger partial charge in [0.1, 0.15) is 11.3 Å². The number of ether oxygens (including phenoxy) is 1. The predicted molar refractivity (Wildman–Crippen MR) is 128 cm³/mol. The molecule has 2 aromatic heterocycles. The first-order valence-corrected chi connectivity index (χ1v) is 11.7. The summed E-state index contributed by atoms with van der Waals surface area (Å²) < 4.78 is 6.42. The summed E-state index contributed by atoms with van der Waals surface area (Å²) in [6, 6.07) is 19.3. The van der Waals surface area contributed by atoms with Gasteiger partial charge in [-0.15, -0.1) is 11.8 Å². The highest BCUT2D eigenvalue weighted by Gasteiger charge is 2.23. The molecule has 4 rings (SSSR count). The SMILES string of the molecule is COc1cccc2sc(N(Cc3ccccn3)C(=O)c3ccc(SC(C)C)cc3)nc12. The van der Waals surface area contributed by atoms with Crippen molar-refractivity contribution in [3.8, 4) is 5.75 Å². The normalized spacial score (nSPS) is 11.1. The largest absolute Gasteiger partial charge is 0.494 e. The number of para-hydroxylation sites is 1. The molecule has 7 heteroatoms. The molecule has 158 valence electrons. The van der Waals surface area contributed by atoms with Gasteiger partial charge in [-0.3, -0.25) is 14.7 Å². The van der Waals surface area contributed by atoms with E-state index in [4.69, 9.17) is 9.72 Å². The van der Waals surface area contributed by atoms with Gasteiger partial charge in [-0.1, -0.05) is 37.3 Å². The Morgan fingerprint density at radius 1 is 1.10 bits per heavy atom. The highest BCUT2D eigenvalue weighted by atomic mass is 32.2. The van der Waals surface area contributed by atoms with Gasteiger partial charge in [-0.25, -0.2) is 4.98 Å². The second-order valence-corrected chi connectivity index (χ2v) is 9.87. The number of hydrogen-bond donors (Lipinski definition) is 0. The average Bonchev–Trinajstić information content (AvgIpc) is 3.22. The number of amides is 1. The third kappa shape index (κ3) is 4.89. The number of methoxy groups -OCH3 is 1. The zero-order chi connectivity index (χ0) is 21.8. The molecular weight excluding hydrogens is 426 g/mol. The summed E-state index contributed by atoms with van der Waals surface area (Å²) in [6.07, 6.45) is 1.73. The molecule has 0 aliphatic heterocycles. The van der Waals surface area contributed by atoms with Crippen LogP contribution < -0.4 is 9.64 Å². The summed E-state index contributed by atoms with van der Waals surface area (Å²) in [6.45, 7) is 4.64. The van der Waals surface area contributed by atoms with Crippen LogP contribution in [0.25, 0.3) is 10.2 Å². The Kier molecular flexibility index (Phi) is 6.53. The van der Waals surface area contributed by atoms with Crippen LogP contribution in [0.5, 0.6) is 5.75 Å². The lowest BCUT2D eigenvalue weighted by Gasteiger charge is -2.20. The van der Waals surface area contributed by atoms with Crippen LogP contribution >= 0.6 is 23.1 Å². The lowest BCUT2D eigenvalue weighted by Crippen LogP contribution is -2.30. The summed E-state index contributed by atoms with van der Waals surface area (Å²) >= 11 is 3.25. The molecule has 1 amide bonds. The minimum atomic E-state index is -0.107. The van der Waals surface area contributed by atoms with Gasteiger partial charge in [0.25, 0.3) is 5.91 Å². The average molecular weight is 450 g/mol. The standard InChI is InChI=1S/C24H23N3O2S2/c1-16(2)30-19-12-10-17(11-13-19)23(28)27(15-18-7-4-5-14-25-18)24-26-22-20(29-3)8-6-9-21(22)31-24/h4-14,16H,15H2,1-3H3. The number of thioether (sulfide) groups is 1. The quantitative estimate of drug-likeness (QED) is 0.322. The monoisotopic (exact) mass is 449 g/mol. The first-order valence-electron chi connectivity index (χ1n) is 9.97. The maximum absolute atomic E-state index is 13.5. The molecular formula is C24H23N3O2S2. The highest BCUT2D eigenvalue weighted by molar-refractivity contribution is 7.99. The minimum Gasteiger partial charge on any atom is -0.494 e. The number of carbonyl (C=O) groups is 1. The summed E-state index contributed by atoms with van der Waals surface area (Å²) in [5.74, 6) is 0.588. The molecule has 0 atom stereocenters. The number of rotatable bonds is 7. The van der Waals surface area contributed by atoms with Gasteiger partial charge in [-0.05, 0) is 48.5 Å². The highest BCUT2D eigenvalue weighted by Crippen LogP contribution is 2.35. The van der Waals surface area contributed by atoms with E-state index in [-0.39, 0.29) is 5.91 Å². The van der Waals surface area contributed by atoms with E-state index in [1.165, 1.54) is 11.3 Å². The molecule has 0 saturated carbocycles. The number of pyridine rings is 1. The van der Waals surface area contributed by atoms with Gasteiger partial charge in [0.2, 0.25) is 0 Å². The second kappa shape index (κ2) is 9.49. The lowest BCUT2D eigenvalue weighted by molar-refractivity contribution is 0.0984. The van der Waals surface area contributed by atoms with E-state index in [9.17, 15) is 4.79 Å². The smallest absolute Gasteiger partial charge is 0.260 e. The maximum atomic E-state index is 13.5. The third-order valence-corrected chi connectivity index (χ3v) is 6.65. The minimum absolute atomic E-state index is 0.107. The number of hydrogen-bond acceptors (Lipinski definition) is 6. The molecule has 2 heterocycles. The van der Waals surface area contributed by atoms with Crippen LogP contribution in [0.15, 0.2) is 71.8 Å². The second-order valence-electron chi connectivity index (χ2n) is 7.21. The molecule has 0 fully saturated rings. The van der Waals surface area contributed by atoms with E-state index in [0.29, 0.717) is 28.2 Å². The van der Waals surface area contributed by atoms with Crippen molar-refractivity contribution in [3.63, 3.8) is 0 Å². The van der Waals surface area contributed by atoms with Gasteiger partial charge in [0.05, 0.1) is 24.0 Å². The number of fused-ring (bicyclic) bond motifs is 1. The predicted octanol–water partition coefficient (Wildman–Crippen LogP) is 6.05. The summed E-state index contributed by atoms with van der Waals surface area (Å²) in [5, 5.41) is 1.11. The van der Waals surface area contributed by atoms with Crippen molar-refractivity contribution in [2.75, 3.05) is 12.0 Å². The van der Waals surface area contributed by atoms with Crippen LogP contribution in [0.4, 0.5) is 5.13 Å². The summed E-state index contributed by atoms with van der Waals surface area (Å²) in [4.78, 5) is 25.5. The van der Waals surface area contributed by atoms with Gasteiger partial charge < -0.3 is 4.74 Å². The third-order valence-electron chi connectivity index (χ3n) is 4.59. The fraction of sp³-hybridized carbons (Fsp3) is 0.208. The van der Waals surface area contributed by atoms with Crippen molar-refractivity contribution in [3.05, 3.63) is 78.1 Å². The molecule has 0 radical (unpaired) electrons. The first kappa shape index (κ1) is 21.3. The topological polar surface area (TPSA) is 55.3 Å². The molecule has 0 spiro atoms. The Morgan fingerprint density at radius 2 is 1.90 bits per heavy atom. The Bertz CT molecular complexity index is 1170. The Morgan fingerprint density at radius 3 is 2.58 bits per heavy atom.